The number of para-hydroxylation sites is 2. The number of hydrogen-bond donors (Lipinski definition) is 2. The van der Waals surface area contributed by atoms with Gasteiger partial charge in [0.15, 0.2) is 23.0 Å². The van der Waals surface area contributed by atoms with Gasteiger partial charge in [0.05, 0.1) is 20.3 Å². The van der Waals surface area contributed by atoms with E-state index in [1.54, 1.807) is 37.4 Å². The molecule has 0 fully saturated rings. The fourth-order valence-corrected chi connectivity index (χ4v) is 2.64. The summed E-state index contributed by atoms with van der Waals surface area (Å²) in [5.74, 6) is 1.87. The van der Waals surface area contributed by atoms with Crippen LogP contribution in [0.3, 0.4) is 0 Å². The lowest BCUT2D eigenvalue weighted by Crippen LogP contribution is -2.45. The lowest BCUT2D eigenvalue weighted by Gasteiger charge is -2.26. The summed E-state index contributed by atoms with van der Waals surface area (Å²) in [4.78, 5) is 12.3. The highest BCUT2D eigenvalue weighted by Crippen LogP contribution is 2.31. The van der Waals surface area contributed by atoms with E-state index in [-0.39, 0.29) is 19.1 Å². The monoisotopic (exact) mass is 359 g/mol. The first-order valence-electron chi connectivity index (χ1n) is 8.18. The summed E-state index contributed by atoms with van der Waals surface area (Å²) >= 11 is 0. The predicted octanol–water partition coefficient (Wildman–Crippen LogP) is 1.69. The van der Waals surface area contributed by atoms with Gasteiger partial charge >= 0.3 is 0 Å². The molecule has 1 amide bonds. The number of carbonyl (C=O) groups is 1. The standard InChI is InChI=1S/C19H21NO6/c1-23-14-8-7-12(9-17(14)24-2)13(21)10-20-19(22)18-11-25-15-5-3-4-6-16(15)26-18/h3-9,13,18,21H,10-11H2,1-2H3,(H,20,22). The van der Waals surface area contributed by atoms with Gasteiger partial charge in [0, 0.05) is 6.54 Å². The van der Waals surface area contributed by atoms with Gasteiger partial charge in [-0.25, -0.2) is 0 Å². The Hall–Kier alpha value is -2.93. The summed E-state index contributed by atoms with van der Waals surface area (Å²) in [6.45, 7) is 0.158. The van der Waals surface area contributed by atoms with Gasteiger partial charge in [0.25, 0.3) is 5.91 Å². The van der Waals surface area contributed by atoms with E-state index in [1.165, 1.54) is 7.11 Å². The maximum absolute atomic E-state index is 12.3. The highest BCUT2D eigenvalue weighted by molar-refractivity contribution is 5.81. The minimum atomic E-state index is -0.893. The largest absolute Gasteiger partial charge is 0.493 e. The van der Waals surface area contributed by atoms with Crippen LogP contribution in [0.25, 0.3) is 0 Å². The van der Waals surface area contributed by atoms with Crippen molar-refractivity contribution < 1.29 is 28.8 Å². The van der Waals surface area contributed by atoms with Crippen LogP contribution >= 0.6 is 0 Å². The number of aliphatic hydroxyl groups excluding tert-OH is 1. The van der Waals surface area contributed by atoms with Crippen molar-refractivity contribution in [3.63, 3.8) is 0 Å². The maximum Gasteiger partial charge on any atom is 0.264 e. The van der Waals surface area contributed by atoms with E-state index in [9.17, 15) is 9.90 Å². The number of aliphatic hydroxyl groups is 1. The summed E-state index contributed by atoms with van der Waals surface area (Å²) < 4.78 is 21.6. The van der Waals surface area contributed by atoms with E-state index < -0.39 is 12.2 Å². The predicted molar refractivity (Wildman–Crippen MR) is 93.9 cm³/mol. The molecule has 2 aromatic carbocycles. The van der Waals surface area contributed by atoms with E-state index in [0.29, 0.717) is 28.6 Å². The number of amides is 1. The van der Waals surface area contributed by atoms with E-state index in [4.69, 9.17) is 18.9 Å². The van der Waals surface area contributed by atoms with Gasteiger partial charge in [0.2, 0.25) is 6.10 Å². The second-order valence-electron chi connectivity index (χ2n) is 5.74. The van der Waals surface area contributed by atoms with E-state index in [1.807, 2.05) is 12.1 Å². The molecule has 2 N–H and O–H groups in total. The molecule has 26 heavy (non-hydrogen) atoms. The second kappa shape index (κ2) is 7.97. The van der Waals surface area contributed by atoms with Crippen molar-refractivity contribution in [1.82, 2.24) is 5.32 Å². The normalized spacial score (nSPS) is 16.5. The van der Waals surface area contributed by atoms with Gasteiger partial charge < -0.3 is 29.4 Å². The molecule has 7 nitrogen and oxygen atoms in total. The first-order valence-corrected chi connectivity index (χ1v) is 8.18. The fraction of sp³-hybridized carbons (Fsp3) is 0.316. The molecule has 0 aromatic heterocycles. The zero-order chi connectivity index (χ0) is 18.5. The van der Waals surface area contributed by atoms with Crippen LogP contribution in [-0.4, -0.2) is 44.5 Å². The van der Waals surface area contributed by atoms with Crippen molar-refractivity contribution in [3.05, 3.63) is 48.0 Å². The van der Waals surface area contributed by atoms with Crippen LogP contribution in [0, 0.1) is 0 Å². The van der Waals surface area contributed by atoms with Gasteiger partial charge in [-0.2, -0.15) is 0 Å². The molecule has 0 radical (unpaired) electrons. The van der Waals surface area contributed by atoms with Crippen molar-refractivity contribution >= 4 is 5.91 Å². The molecule has 1 heterocycles. The van der Waals surface area contributed by atoms with Crippen LogP contribution in [0.1, 0.15) is 11.7 Å². The molecule has 0 bridgehead atoms. The fourth-order valence-electron chi connectivity index (χ4n) is 2.64. The third-order valence-corrected chi connectivity index (χ3v) is 4.06. The van der Waals surface area contributed by atoms with Gasteiger partial charge in [-0.3, -0.25) is 4.79 Å². The van der Waals surface area contributed by atoms with Crippen molar-refractivity contribution in [2.45, 2.75) is 12.2 Å². The topological polar surface area (TPSA) is 86.3 Å². The molecule has 138 valence electrons. The van der Waals surface area contributed by atoms with Crippen LogP contribution in [0.2, 0.25) is 0 Å². The van der Waals surface area contributed by atoms with E-state index in [2.05, 4.69) is 5.32 Å². The number of ether oxygens (including phenoxy) is 4. The lowest BCUT2D eigenvalue weighted by molar-refractivity contribution is -0.130. The minimum absolute atomic E-state index is 0.0375. The molecule has 2 aromatic rings. The van der Waals surface area contributed by atoms with Crippen LogP contribution < -0.4 is 24.3 Å². The number of nitrogens with one attached hydrogen (secondary N) is 1. The Morgan fingerprint density at radius 2 is 1.92 bits per heavy atom. The van der Waals surface area contributed by atoms with Gasteiger partial charge in [0.1, 0.15) is 6.61 Å². The first-order chi connectivity index (χ1) is 12.6. The zero-order valence-electron chi connectivity index (χ0n) is 14.6. The summed E-state index contributed by atoms with van der Waals surface area (Å²) in [5.41, 5.74) is 0.606. The molecule has 0 spiro atoms. The van der Waals surface area contributed by atoms with Crippen LogP contribution in [0.4, 0.5) is 0 Å². The molecule has 0 saturated heterocycles. The Labute approximate surface area is 151 Å². The third kappa shape index (κ3) is 3.83. The second-order valence-corrected chi connectivity index (χ2v) is 5.74. The van der Waals surface area contributed by atoms with Crippen LogP contribution in [0.5, 0.6) is 23.0 Å². The Balaban J connectivity index is 1.58. The molecule has 0 saturated carbocycles. The Kier molecular flexibility index (Phi) is 5.48. The molecule has 3 rings (SSSR count). The van der Waals surface area contributed by atoms with Crippen LogP contribution in [-0.2, 0) is 4.79 Å². The van der Waals surface area contributed by atoms with Gasteiger partial charge in [-0.1, -0.05) is 18.2 Å². The van der Waals surface area contributed by atoms with Gasteiger partial charge in [-0.15, -0.1) is 0 Å². The van der Waals surface area contributed by atoms with E-state index >= 15 is 0 Å². The smallest absolute Gasteiger partial charge is 0.264 e. The molecular weight excluding hydrogens is 338 g/mol. The number of rotatable bonds is 6. The number of benzene rings is 2. The molecule has 1 aliphatic heterocycles. The number of carbonyl (C=O) groups excluding carboxylic acids is 1. The van der Waals surface area contributed by atoms with Crippen molar-refractivity contribution in [1.29, 1.82) is 0 Å². The molecule has 1 aliphatic rings. The average Bonchev–Trinajstić information content (AvgIpc) is 2.70. The summed E-state index contributed by atoms with van der Waals surface area (Å²) in [6, 6.07) is 12.3. The molecular formula is C19H21NO6. The number of methoxy groups -OCH3 is 2. The average molecular weight is 359 g/mol. The molecule has 7 heteroatoms. The van der Waals surface area contributed by atoms with Crippen molar-refractivity contribution in [2.24, 2.45) is 0 Å². The van der Waals surface area contributed by atoms with Crippen LogP contribution in [0.15, 0.2) is 42.5 Å². The molecule has 2 atom stereocenters. The highest BCUT2D eigenvalue weighted by Gasteiger charge is 2.27. The maximum atomic E-state index is 12.3. The Morgan fingerprint density at radius 3 is 2.65 bits per heavy atom. The van der Waals surface area contributed by atoms with Gasteiger partial charge in [-0.05, 0) is 29.8 Å². The van der Waals surface area contributed by atoms with Crippen molar-refractivity contribution in [2.75, 3.05) is 27.4 Å². The SMILES string of the molecule is COc1ccc(C(O)CNC(=O)C2COc3ccccc3O2)cc1OC. The van der Waals surface area contributed by atoms with Crippen molar-refractivity contribution in [3.8, 4) is 23.0 Å². The summed E-state index contributed by atoms with van der Waals surface area (Å²) in [5, 5.41) is 13.0. The third-order valence-electron chi connectivity index (χ3n) is 4.06. The molecule has 2 unspecified atom stereocenters. The summed E-state index contributed by atoms with van der Waals surface area (Å²) in [6.07, 6.45) is -1.65. The Morgan fingerprint density at radius 1 is 1.19 bits per heavy atom. The quantitative estimate of drug-likeness (QED) is 0.816. The minimum Gasteiger partial charge on any atom is -0.493 e. The zero-order valence-corrected chi connectivity index (χ0v) is 14.6. The number of hydrogen-bond acceptors (Lipinski definition) is 6. The first kappa shape index (κ1) is 17.9. The van der Waals surface area contributed by atoms with E-state index in [0.717, 1.165) is 0 Å². The Bertz CT molecular complexity index is 778. The highest BCUT2D eigenvalue weighted by atomic mass is 16.6. The lowest BCUT2D eigenvalue weighted by atomic mass is 10.1. The summed E-state index contributed by atoms with van der Waals surface area (Å²) in [7, 11) is 3.06. The molecule has 0 aliphatic carbocycles. The number of fused-ring (bicyclic) bond motifs is 1.